The van der Waals surface area contributed by atoms with Gasteiger partial charge in [0.15, 0.2) is 0 Å². The minimum atomic E-state index is -0.153. The van der Waals surface area contributed by atoms with E-state index in [2.05, 4.69) is 4.84 Å². The van der Waals surface area contributed by atoms with Crippen LogP contribution in [0.25, 0.3) is 0 Å². The molecule has 0 rings (SSSR count). The Morgan fingerprint density at radius 2 is 2.22 bits per heavy atom. The second-order valence-corrected chi connectivity index (χ2v) is 1.52. The van der Waals surface area contributed by atoms with Gasteiger partial charge in [-0.05, 0) is 6.92 Å². The number of hydroxylamine groups is 2. The fraction of sp³-hybridized carbons (Fsp3) is 0.500. The first kappa shape index (κ1) is 8.17. The maximum atomic E-state index is 10.7. The van der Waals surface area contributed by atoms with Gasteiger partial charge in [0.25, 0.3) is 5.91 Å². The highest BCUT2D eigenvalue weighted by molar-refractivity contribution is 5.86. The van der Waals surface area contributed by atoms with Gasteiger partial charge in [-0.25, -0.2) is 5.06 Å². The van der Waals surface area contributed by atoms with Crippen molar-refractivity contribution >= 4 is 5.91 Å². The summed E-state index contributed by atoms with van der Waals surface area (Å²) in [5, 5.41) is 1.15. The Labute approximate surface area is 54.9 Å². The van der Waals surface area contributed by atoms with Crippen LogP contribution in [-0.2, 0) is 9.63 Å². The van der Waals surface area contributed by atoms with Gasteiger partial charge < -0.3 is 0 Å². The Kier molecular flexibility index (Phi) is 3.71. The number of carbonyl (C=O) groups is 1. The summed E-state index contributed by atoms with van der Waals surface area (Å²) in [5.41, 5.74) is 0. The summed E-state index contributed by atoms with van der Waals surface area (Å²) < 4.78 is 0. The third-order valence-electron chi connectivity index (χ3n) is 0.893. The van der Waals surface area contributed by atoms with E-state index in [1.807, 2.05) is 0 Å². The van der Waals surface area contributed by atoms with Crippen molar-refractivity contribution in [1.29, 1.82) is 0 Å². The third kappa shape index (κ3) is 2.87. The molecule has 3 heteroatoms. The molecule has 0 aromatic carbocycles. The van der Waals surface area contributed by atoms with E-state index in [0.717, 1.165) is 5.06 Å². The van der Waals surface area contributed by atoms with Gasteiger partial charge in [-0.15, -0.1) is 0 Å². The van der Waals surface area contributed by atoms with E-state index < -0.39 is 0 Å². The molecule has 0 spiro atoms. The molecule has 0 saturated carbocycles. The number of likely N-dealkylation sites (N-methyl/N-ethyl adjacent to an activating group) is 1. The van der Waals surface area contributed by atoms with E-state index in [4.69, 9.17) is 0 Å². The minimum Gasteiger partial charge on any atom is -0.274 e. The Bertz CT molecular complexity index is 120. The van der Waals surface area contributed by atoms with Crippen molar-refractivity contribution in [3.8, 4) is 0 Å². The maximum Gasteiger partial charge on any atom is 0.269 e. The summed E-state index contributed by atoms with van der Waals surface area (Å²) in [6.07, 6.45) is 3.10. The van der Waals surface area contributed by atoms with Crippen LogP contribution in [0.15, 0.2) is 12.2 Å². The van der Waals surface area contributed by atoms with Crippen LogP contribution in [-0.4, -0.2) is 25.1 Å². The number of carbonyl (C=O) groups excluding carboxylic acids is 1. The largest absolute Gasteiger partial charge is 0.274 e. The molecule has 52 valence electrons. The number of hydrogen-bond donors (Lipinski definition) is 0. The average Bonchev–Trinajstić information content (AvgIpc) is 1.87. The highest BCUT2D eigenvalue weighted by atomic mass is 16.7. The van der Waals surface area contributed by atoms with Crippen LogP contribution >= 0.6 is 0 Å². The van der Waals surface area contributed by atoms with E-state index in [0.29, 0.717) is 0 Å². The molecule has 0 aliphatic carbocycles. The first-order chi connectivity index (χ1) is 4.22. The standard InChI is InChI=1S/C6H11NO2/c1-4-5-6(8)7(2)9-3/h4-5H,1-3H3/b5-4+. The predicted molar refractivity (Wildman–Crippen MR) is 34.6 cm³/mol. The third-order valence-corrected chi connectivity index (χ3v) is 0.893. The zero-order chi connectivity index (χ0) is 7.28. The Hall–Kier alpha value is -0.830. The van der Waals surface area contributed by atoms with Crippen LogP contribution in [0, 0.1) is 0 Å². The quantitative estimate of drug-likeness (QED) is 0.403. The van der Waals surface area contributed by atoms with Crippen molar-refractivity contribution in [1.82, 2.24) is 5.06 Å². The smallest absolute Gasteiger partial charge is 0.269 e. The second kappa shape index (κ2) is 4.09. The van der Waals surface area contributed by atoms with Gasteiger partial charge in [0, 0.05) is 13.1 Å². The molecule has 0 aliphatic heterocycles. The molecule has 0 heterocycles. The summed E-state index contributed by atoms with van der Waals surface area (Å²) in [5.74, 6) is -0.153. The molecule has 0 aromatic rings. The van der Waals surface area contributed by atoms with Gasteiger partial charge in [0.05, 0.1) is 7.11 Å². The Balaban J connectivity index is 3.73. The molecular formula is C6H11NO2. The van der Waals surface area contributed by atoms with Crippen molar-refractivity contribution in [3.63, 3.8) is 0 Å². The number of amides is 1. The van der Waals surface area contributed by atoms with Gasteiger partial charge in [-0.3, -0.25) is 9.63 Å². The topological polar surface area (TPSA) is 29.5 Å². The van der Waals surface area contributed by atoms with Crippen molar-refractivity contribution in [2.45, 2.75) is 6.92 Å². The second-order valence-electron chi connectivity index (χ2n) is 1.52. The number of nitrogens with zero attached hydrogens (tertiary/aromatic N) is 1. The fourth-order valence-corrected chi connectivity index (χ4v) is 0.338. The van der Waals surface area contributed by atoms with Gasteiger partial charge in [0.2, 0.25) is 0 Å². The van der Waals surface area contributed by atoms with Gasteiger partial charge in [-0.2, -0.15) is 0 Å². The summed E-state index contributed by atoms with van der Waals surface area (Å²) >= 11 is 0. The Morgan fingerprint density at radius 3 is 2.56 bits per heavy atom. The monoisotopic (exact) mass is 129 g/mol. The summed E-state index contributed by atoms with van der Waals surface area (Å²) in [6.45, 7) is 1.78. The first-order valence-corrected chi connectivity index (χ1v) is 2.67. The molecule has 3 nitrogen and oxygen atoms in total. The lowest BCUT2D eigenvalue weighted by atomic mass is 10.5. The lowest BCUT2D eigenvalue weighted by Crippen LogP contribution is -2.22. The maximum absolute atomic E-state index is 10.7. The average molecular weight is 129 g/mol. The molecule has 0 atom stereocenters. The normalized spacial score (nSPS) is 10.1. The lowest BCUT2D eigenvalue weighted by Gasteiger charge is -2.09. The molecule has 0 radical (unpaired) electrons. The van der Waals surface area contributed by atoms with Crippen LogP contribution in [0.1, 0.15) is 6.92 Å². The summed E-state index contributed by atoms with van der Waals surface area (Å²) in [7, 11) is 3.00. The fourth-order valence-electron chi connectivity index (χ4n) is 0.338. The van der Waals surface area contributed by atoms with E-state index >= 15 is 0 Å². The van der Waals surface area contributed by atoms with Crippen LogP contribution in [0.4, 0.5) is 0 Å². The molecule has 0 aliphatic rings. The van der Waals surface area contributed by atoms with Gasteiger partial charge >= 0.3 is 0 Å². The van der Waals surface area contributed by atoms with Crippen molar-refractivity contribution in [2.75, 3.05) is 14.2 Å². The molecule has 0 fully saturated rings. The van der Waals surface area contributed by atoms with Crippen LogP contribution < -0.4 is 0 Å². The van der Waals surface area contributed by atoms with E-state index in [9.17, 15) is 4.79 Å². The van der Waals surface area contributed by atoms with Crippen molar-refractivity contribution in [2.24, 2.45) is 0 Å². The SMILES string of the molecule is C/C=C/C(=O)N(C)OC. The summed E-state index contributed by atoms with van der Waals surface area (Å²) in [4.78, 5) is 15.3. The first-order valence-electron chi connectivity index (χ1n) is 2.67. The molecule has 0 N–H and O–H groups in total. The molecule has 0 unspecified atom stereocenters. The molecule has 9 heavy (non-hydrogen) atoms. The zero-order valence-corrected chi connectivity index (χ0v) is 5.92. The molecule has 0 aromatic heterocycles. The van der Waals surface area contributed by atoms with Crippen molar-refractivity contribution < 1.29 is 9.63 Å². The molecular weight excluding hydrogens is 118 g/mol. The molecule has 1 amide bonds. The minimum absolute atomic E-state index is 0.153. The lowest BCUT2D eigenvalue weighted by molar-refractivity contribution is -0.162. The molecule has 0 bridgehead atoms. The van der Waals surface area contributed by atoms with Gasteiger partial charge in [-0.1, -0.05) is 6.08 Å². The van der Waals surface area contributed by atoms with Crippen LogP contribution in [0.3, 0.4) is 0 Å². The van der Waals surface area contributed by atoms with Crippen molar-refractivity contribution in [3.05, 3.63) is 12.2 Å². The van der Waals surface area contributed by atoms with E-state index in [1.54, 1.807) is 20.0 Å². The highest BCUT2D eigenvalue weighted by Gasteiger charge is 1.99. The number of rotatable bonds is 2. The number of hydrogen-bond acceptors (Lipinski definition) is 2. The predicted octanol–water partition coefficient (Wildman–Crippen LogP) is 0.582. The number of allylic oxidation sites excluding steroid dienone is 1. The highest BCUT2D eigenvalue weighted by Crippen LogP contribution is 1.84. The van der Waals surface area contributed by atoms with Gasteiger partial charge in [0.1, 0.15) is 0 Å². The Morgan fingerprint density at radius 1 is 1.67 bits per heavy atom. The van der Waals surface area contributed by atoms with E-state index in [-0.39, 0.29) is 5.91 Å². The van der Waals surface area contributed by atoms with Crippen LogP contribution in [0.5, 0.6) is 0 Å². The molecule has 0 saturated heterocycles. The summed E-state index contributed by atoms with van der Waals surface area (Å²) in [6, 6.07) is 0. The van der Waals surface area contributed by atoms with Crippen LogP contribution in [0.2, 0.25) is 0 Å². The van der Waals surface area contributed by atoms with E-state index in [1.165, 1.54) is 13.2 Å². The zero-order valence-electron chi connectivity index (χ0n) is 5.92.